The maximum Gasteiger partial charge on any atom is 0.243 e. The molecule has 1 aliphatic heterocycles. The second kappa shape index (κ2) is 30.1. The van der Waals surface area contributed by atoms with E-state index >= 15 is 0 Å². The fraction of sp³-hybridized carbons (Fsp3) is 0.480. The van der Waals surface area contributed by atoms with Gasteiger partial charge in [0.15, 0.2) is 17.7 Å². The first-order valence-electron chi connectivity index (χ1n) is 25.0. The van der Waals surface area contributed by atoms with Crippen LogP contribution in [0.4, 0.5) is 8.78 Å². The summed E-state index contributed by atoms with van der Waals surface area (Å²) in [7, 11) is 0. The molecule has 0 spiro atoms. The second-order valence-corrected chi connectivity index (χ2v) is 18.8. The monoisotopic (exact) mass is 1080 g/mol. The number of carbonyl (C=O) groups is 10. The Bertz CT molecular complexity index is 2670. The first-order valence-corrected chi connectivity index (χ1v) is 25.0. The Labute approximate surface area is 442 Å². The lowest BCUT2D eigenvalue weighted by Crippen LogP contribution is -2.58. The van der Waals surface area contributed by atoms with Crippen molar-refractivity contribution in [2.24, 2.45) is 56.2 Å². The predicted octanol–water partition coefficient (Wildman–Crippen LogP) is -2.02. The summed E-state index contributed by atoms with van der Waals surface area (Å²) in [4.78, 5) is 148. The van der Waals surface area contributed by atoms with Crippen LogP contribution in [0.25, 0.3) is 10.9 Å². The summed E-state index contributed by atoms with van der Waals surface area (Å²) in [5, 5.41) is 15.8. The van der Waals surface area contributed by atoms with Gasteiger partial charge in [0.25, 0.3) is 0 Å². The third-order valence-electron chi connectivity index (χ3n) is 12.6. The van der Waals surface area contributed by atoms with Crippen molar-refractivity contribution < 1.29 is 56.7 Å². The van der Waals surface area contributed by atoms with Gasteiger partial charge in [-0.05, 0) is 87.1 Å². The van der Waals surface area contributed by atoms with Crippen LogP contribution in [0.1, 0.15) is 88.7 Å². The van der Waals surface area contributed by atoms with Gasteiger partial charge in [-0.25, -0.2) is 8.78 Å². The van der Waals surface area contributed by atoms with Gasteiger partial charge in [-0.3, -0.25) is 57.9 Å². The van der Waals surface area contributed by atoms with Gasteiger partial charge in [-0.1, -0.05) is 18.2 Å². The Morgan fingerprint density at radius 3 is 2.05 bits per heavy atom. The van der Waals surface area contributed by atoms with E-state index in [0.717, 1.165) is 30.0 Å². The molecule has 3 aromatic rings. The highest BCUT2D eigenvalue weighted by atomic mass is 19.1. The molecule has 418 valence electrons. The van der Waals surface area contributed by atoms with E-state index in [1.165, 1.54) is 0 Å². The van der Waals surface area contributed by atoms with Gasteiger partial charge in [0.2, 0.25) is 47.3 Å². The number of nitrogens with two attached hydrogens (primary N) is 6. The summed E-state index contributed by atoms with van der Waals surface area (Å²) in [5.74, 6) is -13.6. The first-order chi connectivity index (χ1) is 36.5. The Kier molecular flexibility index (Phi) is 23.9. The number of carbonyl (C=O) groups excluding carboxylic acids is 10. The number of hydrogen-bond acceptors (Lipinski definition) is 12. The van der Waals surface area contributed by atoms with Gasteiger partial charge in [0.05, 0.1) is 12.5 Å². The molecule has 1 aliphatic rings. The van der Waals surface area contributed by atoms with E-state index in [0.29, 0.717) is 11.6 Å². The number of H-pyrrole nitrogens is 1. The summed E-state index contributed by atoms with van der Waals surface area (Å²) >= 11 is 0. The SMILES string of the molecule is CC(=O)N[C@@H](CCCN=C(N)N)C(=O)N[C@H]1CCCNC(=O)CC[C@@H](C(N)=O)NC(=O)[C@H](Cc2c[nH]c3ccccc23)CC(=O)[C@H](CCCN=C(N)N)CC(=O)[C@@H](Cc2cc(F)cc(F)c2)NC(=O)[C@H](CC(N)=O)NC1=O. The number of hydrogen-bond donors (Lipinski definition) is 13. The number of aromatic nitrogens is 1. The van der Waals surface area contributed by atoms with Crippen molar-refractivity contribution in [1.82, 2.24) is 36.9 Å². The van der Waals surface area contributed by atoms with Gasteiger partial charge in [-0.15, -0.1) is 0 Å². The van der Waals surface area contributed by atoms with E-state index < -0.39 is 138 Å². The molecule has 8 amide bonds. The molecule has 27 heteroatoms. The summed E-state index contributed by atoms with van der Waals surface area (Å²) in [6, 6.07) is 1.82. The topological polar surface area (TPSA) is 440 Å². The van der Waals surface area contributed by atoms with Crippen molar-refractivity contribution in [1.29, 1.82) is 0 Å². The lowest BCUT2D eigenvalue weighted by molar-refractivity contribution is -0.136. The fourth-order valence-electron chi connectivity index (χ4n) is 8.74. The molecule has 0 saturated carbocycles. The lowest BCUT2D eigenvalue weighted by atomic mass is 9.83. The summed E-state index contributed by atoms with van der Waals surface area (Å²) in [5.41, 5.74) is 34.4. The Hall–Kier alpha value is -8.52. The number of Topliss-reactive ketones (excluding diaryl/α,β-unsaturated/α-hetero) is 2. The van der Waals surface area contributed by atoms with Crippen LogP contribution in [0.15, 0.2) is 58.6 Å². The highest BCUT2D eigenvalue weighted by Crippen LogP contribution is 2.26. The number of rotatable bonds is 18. The highest BCUT2D eigenvalue weighted by Gasteiger charge is 2.36. The van der Waals surface area contributed by atoms with E-state index in [9.17, 15) is 56.7 Å². The minimum atomic E-state index is -1.86. The van der Waals surface area contributed by atoms with Crippen LogP contribution in [0.3, 0.4) is 0 Å². The predicted molar refractivity (Wildman–Crippen MR) is 278 cm³/mol. The highest BCUT2D eigenvalue weighted by molar-refractivity contribution is 5.99. The fourth-order valence-corrected chi connectivity index (χ4v) is 8.74. The number of ketones is 2. The number of halogens is 2. The Balaban J connectivity index is 1.81. The van der Waals surface area contributed by atoms with Crippen molar-refractivity contribution >= 4 is 81.6 Å². The van der Waals surface area contributed by atoms with Gasteiger partial charge in [0.1, 0.15) is 41.6 Å². The van der Waals surface area contributed by atoms with Crippen molar-refractivity contribution in [3.8, 4) is 0 Å². The van der Waals surface area contributed by atoms with Crippen LogP contribution >= 0.6 is 0 Å². The number of amides is 8. The van der Waals surface area contributed by atoms with Crippen LogP contribution in [0.5, 0.6) is 0 Å². The second-order valence-electron chi connectivity index (χ2n) is 18.8. The molecule has 0 aliphatic carbocycles. The summed E-state index contributed by atoms with van der Waals surface area (Å²) < 4.78 is 29.3. The molecule has 1 saturated heterocycles. The number of guanidine groups is 2. The minimum Gasteiger partial charge on any atom is -0.370 e. The van der Waals surface area contributed by atoms with Gasteiger partial charge >= 0.3 is 0 Å². The molecule has 19 N–H and O–H groups in total. The normalized spacial score (nSPS) is 21.0. The molecule has 0 unspecified atom stereocenters. The van der Waals surface area contributed by atoms with Crippen LogP contribution in [0.2, 0.25) is 0 Å². The third kappa shape index (κ3) is 21.0. The van der Waals surface area contributed by atoms with Crippen molar-refractivity contribution in [3.05, 3.63) is 71.4 Å². The van der Waals surface area contributed by atoms with E-state index in [1.807, 2.05) is 0 Å². The smallest absolute Gasteiger partial charge is 0.243 e. The van der Waals surface area contributed by atoms with Crippen molar-refractivity contribution in [2.75, 3.05) is 19.6 Å². The molecule has 1 aromatic heterocycles. The van der Waals surface area contributed by atoms with Crippen LogP contribution in [-0.4, -0.2) is 126 Å². The molecule has 0 bridgehead atoms. The number of para-hydroxylation sites is 1. The zero-order valence-electron chi connectivity index (χ0n) is 42.7. The number of nitrogens with one attached hydrogen (secondary N) is 7. The molecular weight excluding hydrogens is 1010 g/mol. The quantitative estimate of drug-likeness (QED) is 0.0372. The Morgan fingerprint density at radius 2 is 1.40 bits per heavy atom. The zero-order chi connectivity index (χ0) is 56.8. The number of fused-ring (bicyclic) bond motifs is 1. The first kappa shape index (κ1) is 61.0. The van der Waals surface area contributed by atoms with E-state index in [2.05, 4.69) is 46.9 Å². The number of nitrogens with zero attached hydrogens (tertiary/aromatic N) is 2. The molecule has 2 heterocycles. The average molecular weight is 1080 g/mol. The summed E-state index contributed by atoms with van der Waals surface area (Å²) in [6.45, 7) is 1.10. The van der Waals surface area contributed by atoms with Crippen molar-refractivity contribution in [2.45, 2.75) is 121 Å². The molecule has 4 rings (SSSR count). The van der Waals surface area contributed by atoms with Gasteiger partial charge < -0.3 is 71.3 Å². The maximum atomic E-state index is 14.7. The lowest BCUT2D eigenvalue weighted by Gasteiger charge is -2.27. The van der Waals surface area contributed by atoms with E-state index in [-0.39, 0.29) is 94.9 Å². The molecule has 1 fully saturated rings. The van der Waals surface area contributed by atoms with E-state index in [1.54, 1.807) is 30.5 Å². The molecule has 2 aromatic carbocycles. The number of aromatic amines is 1. The number of benzene rings is 2. The number of primary amides is 2. The summed E-state index contributed by atoms with van der Waals surface area (Å²) in [6.07, 6.45) is -1.68. The number of aliphatic imine (C=N–C) groups is 2. The third-order valence-corrected chi connectivity index (χ3v) is 12.6. The van der Waals surface area contributed by atoms with Gasteiger partial charge in [0, 0.05) is 80.8 Å². The van der Waals surface area contributed by atoms with Crippen molar-refractivity contribution in [3.63, 3.8) is 0 Å². The molecule has 7 atom stereocenters. The van der Waals surface area contributed by atoms with Gasteiger partial charge in [-0.2, -0.15) is 0 Å². The zero-order valence-corrected chi connectivity index (χ0v) is 42.7. The molecule has 0 radical (unpaired) electrons. The standard InChI is InChI=1S/C50H69F2N15O10/c1-26(68)63-36(10-6-16-61-50(57)58)46(75)65-37-11-5-14-59-43(72)13-12-35(44(54)73)64-45(74)29(20-30-25-62-34-9-3-2-8-33(30)34)22-40(69)28(7-4-15-60-49(55)56)21-41(70)38(19-27-17-31(51)23-32(52)18-27)66-48(77)39(24-42(53)71)67-47(37)76/h2-3,8-9,17-18,23,25,28-29,35-39,62H,4-7,10-16,19-22,24H2,1H3,(H2,53,71)(H2,54,73)(H,59,72)(H,63,68)(H,64,74)(H,65,75)(H,66,77)(H,67,76)(H4,55,56,60)(H4,57,58,61)/t28-,29-,35+,36+,37+,38-,39+/m1/s1. The maximum absolute atomic E-state index is 14.7. The van der Waals surface area contributed by atoms with Crippen LogP contribution in [0, 0.1) is 23.5 Å². The van der Waals surface area contributed by atoms with Crippen LogP contribution in [-0.2, 0) is 60.8 Å². The minimum absolute atomic E-state index is 0.000569. The molecule has 25 nitrogen and oxygen atoms in total. The molecule has 77 heavy (non-hydrogen) atoms. The largest absolute Gasteiger partial charge is 0.370 e. The molecular formula is C50H69F2N15O10. The Morgan fingerprint density at radius 1 is 0.753 bits per heavy atom. The van der Waals surface area contributed by atoms with E-state index in [4.69, 9.17) is 34.4 Å². The van der Waals surface area contributed by atoms with Crippen LogP contribution < -0.4 is 66.3 Å². The average Bonchev–Trinajstić information content (AvgIpc) is 3.75.